The van der Waals surface area contributed by atoms with Crippen molar-refractivity contribution in [3.63, 3.8) is 0 Å². The number of carbonyl (C=O) groups is 1. The normalized spacial score (nSPS) is 14.0. The minimum Gasteiger partial charge on any atom is -0.497 e. The summed E-state index contributed by atoms with van der Waals surface area (Å²) in [7, 11) is 5.22. The summed E-state index contributed by atoms with van der Waals surface area (Å²) < 4.78 is 10.6. The van der Waals surface area contributed by atoms with Crippen LogP contribution in [0.3, 0.4) is 0 Å². The van der Waals surface area contributed by atoms with Crippen LogP contribution in [0.5, 0.6) is 11.5 Å². The first-order chi connectivity index (χ1) is 11.7. The number of amides is 1. The van der Waals surface area contributed by atoms with Gasteiger partial charge in [0.1, 0.15) is 11.5 Å². The number of nitrogens with zero attached hydrogens (tertiary/aromatic N) is 2. The molecule has 0 radical (unpaired) electrons. The Bertz CT molecular complexity index is 745. The van der Waals surface area contributed by atoms with Crippen molar-refractivity contribution < 1.29 is 14.3 Å². The zero-order valence-electron chi connectivity index (χ0n) is 14.3. The Morgan fingerprint density at radius 3 is 2.46 bits per heavy atom. The number of para-hydroxylation sites is 2. The lowest BCUT2D eigenvalue weighted by Crippen LogP contribution is -2.31. The van der Waals surface area contributed by atoms with Gasteiger partial charge in [0.25, 0.3) is 5.91 Å². The van der Waals surface area contributed by atoms with Crippen LogP contribution in [0.4, 0.5) is 11.4 Å². The van der Waals surface area contributed by atoms with Crippen LogP contribution in [0.15, 0.2) is 42.5 Å². The third kappa shape index (κ3) is 2.89. The fourth-order valence-corrected chi connectivity index (χ4v) is 3.05. The maximum absolute atomic E-state index is 13.2. The van der Waals surface area contributed by atoms with E-state index in [9.17, 15) is 4.79 Å². The Morgan fingerprint density at radius 2 is 1.75 bits per heavy atom. The average Bonchev–Trinajstić information content (AvgIpc) is 2.80. The molecule has 0 bridgehead atoms. The zero-order chi connectivity index (χ0) is 17.1. The van der Waals surface area contributed by atoms with E-state index in [0.29, 0.717) is 23.6 Å². The lowest BCUT2D eigenvalue weighted by Gasteiger charge is -2.25. The van der Waals surface area contributed by atoms with Gasteiger partial charge in [-0.3, -0.25) is 4.79 Å². The highest BCUT2D eigenvalue weighted by molar-refractivity contribution is 6.09. The third-order valence-corrected chi connectivity index (χ3v) is 4.34. The van der Waals surface area contributed by atoms with Crippen molar-refractivity contribution in [2.45, 2.75) is 6.42 Å². The van der Waals surface area contributed by atoms with Gasteiger partial charge in [0, 0.05) is 26.2 Å². The van der Waals surface area contributed by atoms with E-state index >= 15 is 0 Å². The summed E-state index contributed by atoms with van der Waals surface area (Å²) in [4.78, 5) is 17.2. The van der Waals surface area contributed by atoms with Gasteiger partial charge in [-0.1, -0.05) is 12.1 Å². The van der Waals surface area contributed by atoms with Crippen LogP contribution in [-0.2, 0) is 0 Å². The van der Waals surface area contributed by atoms with Gasteiger partial charge in [-0.25, -0.2) is 0 Å². The van der Waals surface area contributed by atoms with Crippen molar-refractivity contribution in [2.24, 2.45) is 0 Å². The second kappa shape index (κ2) is 6.83. The Kier molecular flexibility index (Phi) is 4.60. The van der Waals surface area contributed by atoms with Crippen molar-refractivity contribution >= 4 is 17.3 Å². The topological polar surface area (TPSA) is 42.0 Å². The molecule has 0 saturated heterocycles. The van der Waals surface area contributed by atoms with Gasteiger partial charge in [-0.2, -0.15) is 0 Å². The second-order valence-corrected chi connectivity index (χ2v) is 5.79. The van der Waals surface area contributed by atoms with Crippen LogP contribution in [0.2, 0.25) is 0 Å². The molecule has 0 fully saturated rings. The van der Waals surface area contributed by atoms with Gasteiger partial charge in [0.05, 0.1) is 31.2 Å². The summed E-state index contributed by atoms with van der Waals surface area (Å²) in [5.74, 6) is 1.13. The Morgan fingerprint density at radius 1 is 1.00 bits per heavy atom. The number of hydrogen-bond acceptors (Lipinski definition) is 4. The highest BCUT2D eigenvalue weighted by Crippen LogP contribution is 2.34. The number of carbonyl (C=O) groups excluding carboxylic acids is 1. The molecule has 5 nitrogen and oxygen atoms in total. The van der Waals surface area contributed by atoms with E-state index < -0.39 is 0 Å². The largest absolute Gasteiger partial charge is 0.497 e. The summed E-state index contributed by atoms with van der Waals surface area (Å²) in [6.45, 7) is 1.59. The molecule has 2 aromatic carbocycles. The minimum absolute atomic E-state index is 0.0581. The number of rotatable bonds is 3. The molecule has 1 amide bonds. The zero-order valence-corrected chi connectivity index (χ0v) is 14.3. The number of ether oxygens (including phenoxy) is 2. The molecule has 1 heterocycles. The van der Waals surface area contributed by atoms with Crippen LogP contribution in [0, 0.1) is 0 Å². The first-order valence-corrected chi connectivity index (χ1v) is 7.99. The van der Waals surface area contributed by atoms with Gasteiger partial charge in [0.15, 0.2) is 0 Å². The highest BCUT2D eigenvalue weighted by Gasteiger charge is 2.26. The molecule has 0 spiro atoms. The monoisotopic (exact) mass is 326 g/mol. The van der Waals surface area contributed by atoms with E-state index in [0.717, 1.165) is 24.3 Å². The third-order valence-electron chi connectivity index (χ3n) is 4.34. The number of hydrogen-bond donors (Lipinski definition) is 0. The van der Waals surface area contributed by atoms with E-state index in [2.05, 4.69) is 11.9 Å². The maximum Gasteiger partial charge on any atom is 0.262 e. The van der Waals surface area contributed by atoms with Crippen molar-refractivity contribution in [2.75, 3.05) is 44.2 Å². The number of methoxy groups -OCH3 is 2. The van der Waals surface area contributed by atoms with E-state index in [1.165, 1.54) is 0 Å². The predicted molar refractivity (Wildman–Crippen MR) is 95.6 cm³/mol. The summed E-state index contributed by atoms with van der Waals surface area (Å²) >= 11 is 0. The first-order valence-electron chi connectivity index (χ1n) is 7.99. The van der Waals surface area contributed by atoms with Crippen molar-refractivity contribution in [3.8, 4) is 11.5 Å². The summed E-state index contributed by atoms with van der Waals surface area (Å²) in [6.07, 6.45) is 0.912. The molecule has 0 aliphatic carbocycles. The van der Waals surface area contributed by atoms with Gasteiger partial charge < -0.3 is 19.3 Å². The van der Waals surface area contributed by atoms with E-state index in [1.807, 2.05) is 29.2 Å². The van der Waals surface area contributed by atoms with Crippen LogP contribution in [0.1, 0.15) is 16.8 Å². The Labute approximate surface area is 142 Å². The van der Waals surface area contributed by atoms with E-state index in [1.54, 1.807) is 32.4 Å². The van der Waals surface area contributed by atoms with Crippen molar-refractivity contribution in [1.29, 1.82) is 0 Å². The van der Waals surface area contributed by atoms with E-state index in [-0.39, 0.29) is 5.91 Å². The summed E-state index contributed by atoms with van der Waals surface area (Å²) in [5.41, 5.74) is 2.54. The SMILES string of the molecule is COc1ccc(C(=O)N2CCCN(C)c3ccccc32)c(OC)c1. The lowest BCUT2D eigenvalue weighted by molar-refractivity contribution is 0.0984. The standard InChI is InChI=1S/C19H22N2O3/c1-20-11-6-12-21(17-8-5-4-7-16(17)20)19(22)15-10-9-14(23-2)13-18(15)24-3/h4-5,7-10,13H,6,11-12H2,1-3H3. The molecular weight excluding hydrogens is 304 g/mol. The number of benzene rings is 2. The molecular formula is C19H22N2O3. The first kappa shape index (κ1) is 16.2. The molecule has 0 unspecified atom stereocenters. The summed E-state index contributed by atoms with van der Waals surface area (Å²) in [5, 5.41) is 0. The van der Waals surface area contributed by atoms with Crippen molar-refractivity contribution in [3.05, 3.63) is 48.0 Å². The summed E-state index contributed by atoms with van der Waals surface area (Å²) in [6, 6.07) is 13.3. The van der Waals surface area contributed by atoms with Gasteiger partial charge in [0.2, 0.25) is 0 Å². The lowest BCUT2D eigenvalue weighted by atomic mass is 10.1. The second-order valence-electron chi connectivity index (χ2n) is 5.79. The van der Waals surface area contributed by atoms with Crippen LogP contribution in [0.25, 0.3) is 0 Å². The molecule has 2 aromatic rings. The van der Waals surface area contributed by atoms with Crippen molar-refractivity contribution in [1.82, 2.24) is 0 Å². The minimum atomic E-state index is -0.0581. The quantitative estimate of drug-likeness (QED) is 0.869. The van der Waals surface area contributed by atoms with Gasteiger partial charge in [-0.05, 0) is 30.7 Å². The molecule has 0 atom stereocenters. The molecule has 1 aliphatic rings. The molecule has 0 aromatic heterocycles. The molecule has 126 valence electrons. The van der Waals surface area contributed by atoms with Crippen LogP contribution < -0.4 is 19.3 Å². The molecule has 0 saturated carbocycles. The Hall–Kier alpha value is -2.69. The fourth-order valence-electron chi connectivity index (χ4n) is 3.05. The molecule has 0 N–H and O–H groups in total. The number of anilines is 2. The van der Waals surface area contributed by atoms with Crippen LogP contribution >= 0.6 is 0 Å². The molecule has 24 heavy (non-hydrogen) atoms. The highest BCUT2D eigenvalue weighted by atomic mass is 16.5. The smallest absolute Gasteiger partial charge is 0.262 e. The Balaban J connectivity index is 2.02. The number of fused-ring (bicyclic) bond motifs is 1. The predicted octanol–water partition coefficient (Wildman–Crippen LogP) is 3.19. The van der Waals surface area contributed by atoms with Gasteiger partial charge in [-0.15, -0.1) is 0 Å². The van der Waals surface area contributed by atoms with Crippen LogP contribution in [-0.4, -0.2) is 40.3 Å². The van der Waals surface area contributed by atoms with E-state index in [4.69, 9.17) is 9.47 Å². The molecule has 3 rings (SSSR count). The molecule has 1 aliphatic heterocycles. The van der Waals surface area contributed by atoms with Gasteiger partial charge >= 0.3 is 0 Å². The fraction of sp³-hybridized carbons (Fsp3) is 0.316. The average molecular weight is 326 g/mol. The molecule has 5 heteroatoms. The maximum atomic E-state index is 13.2.